The van der Waals surface area contributed by atoms with Crippen molar-refractivity contribution in [2.24, 2.45) is 0 Å². The van der Waals surface area contributed by atoms with Crippen LogP contribution in [0.15, 0.2) is 18.2 Å². The molecule has 19 heavy (non-hydrogen) atoms. The lowest BCUT2D eigenvalue weighted by Gasteiger charge is -2.24. The van der Waals surface area contributed by atoms with E-state index >= 15 is 0 Å². The molecule has 0 heterocycles. The zero-order valence-corrected chi connectivity index (χ0v) is 10.3. The van der Waals surface area contributed by atoms with Crippen LogP contribution in [0.4, 0.5) is 24.5 Å². The van der Waals surface area contributed by atoms with E-state index in [1.165, 1.54) is 12.1 Å². The van der Waals surface area contributed by atoms with Crippen LogP contribution in [0.25, 0.3) is 4.85 Å². The molecule has 4 nitrogen and oxygen atoms in total. The van der Waals surface area contributed by atoms with Crippen molar-refractivity contribution in [3.05, 3.63) is 34.6 Å². The number of carbonyl (C=O) groups is 1. The highest BCUT2D eigenvalue weighted by atomic mass is 35.5. The molecule has 0 aliphatic heterocycles. The number of hydrogen-bond donors (Lipinski definition) is 2. The lowest BCUT2D eigenvalue weighted by Crippen LogP contribution is -2.52. The largest absolute Gasteiger partial charge is 0.426 e. The van der Waals surface area contributed by atoms with E-state index in [2.05, 4.69) is 4.85 Å². The minimum absolute atomic E-state index is 0.0144. The zero-order chi connectivity index (χ0) is 14.8. The van der Waals surface area contributed by atoms with E-state index in [1.54, 1.807) is 0 Å². The average Bonchev–Trinajstić information content (AvgIpc) is 2.27. The first-order chi connectivity index (χ1) is 8.59. The standard InChI is InChI=1S/C11H8ClF3N2O2/c1-10(19,11(13,14)15)9(18)17-6-3-4-8(16-2)7(12)5-6/h3-5,19H,1H3,(H,17,18)/t10-/m0/s1. The van der Waals surface area contributed by atoms with Gasteiger partial charge in [0.2, 0.25) is 11.3 Å². The summed E-state index contributed by atoms with van der Waals surface area (Å²) in [5, 5.41) is 11.0. The van der Waals surface area contributed by atoms with E-state index in [9.17, 15) is 18.0 Å². The number of carbonyl (C=O) groups excluding carboxylic acids is 1. The Balaban J connectivity index is 2.96. The maximum Gasteiger partial charge on any atom is 0.426 e. The fraction of sp³-hybridized carbons (Fsp3) is 0.273. The molecule has 0 aliphatic carbocycles. The van der Waals surface area contributed by atoms with E-state index in [-0.39, 0.29) is 16.4 Å². The first kappa shape index (κ1) is 15.3. The number of benzene rings is 1. The van der Waals surface area contributed by atoms with Crippen molar-refractivity contribution < 1.29 is 23.1 Å². The van der Waals surface area contributed by atoms with Crippen LogP contribution in [0.2, 0.25) is 5.02 Å². The van der Waals surface area contributed by atoms with Gasteiger partial charge >= 0.3 is 6.18 Å². The Morgan fingerprint density at radius 2 is 2.05 bits per heavy atom. The van der Waals surface area contributed by atoms with Gasteiger partial charge in [0.1, 0.15) is 0 Å². The number of amides is 1. The van der Waals surface area contributed by atoms with Gasteiger partial charge in [-0.05, 0) is 19.1 Å². The Kier molecular flexibility index (Phi) is 4.08. The molecule has 0 saturated carbocycles. The Hall–Kier alpha value is -1.78. The molecule has 0 spiro atoms. The second kappa shape index (κ2) is 5.07. The molecule has 1 amide bonds. The number of rotatable bonds is 2. The zero-order valence-electron chi connectivity index (χ0n) is 9.55. The van der Waals surface area contributed by atoms with Crippen molar-refractivity contribution in [2.45, 2.75) is 18.7 Å². The number of aliphatic hydroxyl groups is 1. The van der Waals surface area contributed by atoms with Gasteiger partial charge in [0.15, 0.2) is 0 Å². The summed E-state index contributed by atoms with van der Waals surface area (Å²) in [7, 11) is 0. The summed E-state index contributed by atoms with van der Waals surface area (Å²) in [4.78, 5) is 14.4. The second-order valence-corrected chi connectivity index (χ2v) is 4.21. The SMILES string of the molecule is [C-]#[N+]c1ccc(NC(=O)[C@](C)(O)C(F)(F)F)cc1Cl. The maximum atomic E-state index is 12.4. The smallest absolute Gasteiger partial charge is 0.373 e. The Morgan fingerprint density at radius 3 is 2.47 bits per heavy atom. The number of halogens is 4. The molecule has 1 aromatic rings. The van der Waals surface area contributed by atoms with E-state index < -0.39 is 17.7 Å². The first-order valence-corrected chi connectivity index (χ1v) is 5.25. The highest BCUT2D eigenvalue weighted by molar-refractivity contribution is 6.33. The Bertz CT molecular complexity index is 550. The number of nitrogens with one attached hydrogen (secondary N) is 1. The fourth-order valence-corrected chi connectivity index (χ4v) is 1.28. The summed E-state index contributed by atoms with van der Waals surface area (Å²) in [5.41, 5.74) is -3.47. The summed E-state index contributed by atoms with van der Waals surface area (Å²) in [6, 6.07) is 3.58. The first-order valence-electron chi connectivity index (χ1n) is 4.87. The van der Waals surface area contributed by atoms with E-state index in [0.29, 0.717) is 6.92 Å². The molecule has 0 aliphatic rings. The van der Waals surface area contributed by atoms with Crippen LogP contribution < -0.4 is 5.32 Å². The highest BCUT2D eigenvalue weighted by Crippen LogP contribution is 2.32. The van der Waals surface area contributed by atoms with Crippen LogP contribution in [-0.4, -0.2) is 22.8 Å². The van der Waals surface area contributed by atoms with Crippen molar-refractivity contribution in [1.82, 2.24) is 0 Å². The maximum absolute atomic E-state index is 12.4. The van der Waals surface area contributed by atoms with Gasteiger partial charge in [-0.3, -0.25) is 4.79 Å². The molecule has 0 radical (unpaired) electrons. The summed E-state index contributed by atoms with van der Waals surface area (Å²) >= 11 is 5.67. The van der Waals surface area contributed by atoms with Gasteiger partial charge in [-0.15, -0.1) is 0 Å². The van der Waals surface area contributed by atoms with E-state index in [1.807, 2.05) is 5.32 Å². The molecular weight excluding hydrogens is 285 g/mol. The van der Waals surface area contributed by atoms with Crippen LogP contribution in [0.3, 0.4) is 0 Å². The third kappa shape index (κ3) is 3.16. The minimum atomic E-state index is -5.10. The van der Waals surface area contributed by atoms with Gasteiger partial charge in [-0.1, -0.05) is 17.7 Å². The summed E-state index contributed by atoms with van der Waals surface area (Å²) in [6.45, 7) is 7.09. The van der Waals surface area contributed by atoms with Crippen molar-refractivity contribution in [3.8, 4) is 0 Å². The molecule has 0 bridgehead atoms. The summed E-state index contributed by atoms with van der Waals surface area (Å²) in [5.74, 6) is -1.63. The Labute approximate surface area is 111 Å². The Morgan fingerprint density at radius 1 is 1.47 bits per heavy atom. The topological polar surface area (TPSA) is 53.7 Å². The summed E-state index contributed by atoms with van der Waals surface area (Å²) < 4.78 is 37.2. The predicted octanol–water partition coefficient (Wildman–Crippen LogP) is 3.14. The minimum Gasteiger partial charge on any atom is -0.373 e. The normalized spacial score (nSPS) is 14.4. The van der Waals surface area contributed by atoms with Gasteiger partial charge in [-0.2, -0.15) is 13.2 Å². The predicted molar refractivity (Wildman–Crippen MR) is 63.0 cm³/mol. The molecule has 0 fully saturated rings. The second-order valence-electron chi connectivity index (χ2n) is 3.80. The lowest BCUT2D eigenvalue weighted by molar-refractivity contribution is -0.242. The molecule has 0 unspecified atom stereocenters. The molecule has 1 rings (SSSR count). The molecule has 8 heteroatoms. The quantitative estimate of drug-likeness (QED) is 0.823. The number of hydrogen-bond acceptors (Lipinski definition) is 2. The van der Waals surface area contributed by atoms with Crippen LogP contribution in [0.1, 0.15) is 6.92 Å². The molecule has 102 valence electrons. The van der Waals surface area contributed by atoms with Crippen LogP contribution in [0.5, 0.6) is 0 Å². The highest BCUT2D eigenvalue weighted by Gasteiger charge is 2.55. The molecule has 2 N–H and O–H groups in total. The molecular formula is C11H8ClF3N2O2. The van der Waals surface area contributed by atoms with Gasteiger partial charge < -0.3 is 10.4 Å². The van der Waals surface area contributed by atoms with Gasteiger partial charge in [0.05, 0.1) is 6.57 Å². The van der Waals surface area contributed by atoms with Crippen LogP contribution in [-0.2, 0) is 4.79 Å². The molecule has 0 saturated heterocycles. The van der Waals surface area contributed by atoms with Crippen LogP contribution in [0, 0.1) is 6.57 Å². The molecule has 1 aromatic carbocycles. The van der Waals surface area contributed by atoms with Crippen LogP contribution >= 0.6 is 11.6 Å². The fourth-order valence-electron chi connectivity index (χ4n) is 1.06. The molecule has 0 aromatic heterocycles. The van der Waals surface area contributed by atoms with Gasteiger partial charge in [0, 0.05) is 10.7 Å². The van der Waals surface area contributed by atoms with Crippen molar-refractivity contribution in [1.29, 1.82) is 0 Å². The van der Waals surface area contributed by atoms with E-state index in [4.69, 9.17) is 23.3 Å². The van der Waals surface area contributed by atoms with Gasteiger partial charge in [-0.25, -0.2) is 4.85 Å². The van der Waals surface area contributed by atoms with Crippen molar-refractivity contribution >= 4 is 28.9 Å². The van der Waals surface area contributed by atoms with Gasteiger partial charge in [0.25, 0.3) is 5.91 Å². The third-order valence-corrected chi connectivity index (χ3v) is 2.62. The van der Waals surface area contributed by atoms with E-state index in [0.717, 1.165) is 6.07 Å². The molecule has 1 atom stereocenters. The summed E-state index contributed by atoms with van der Waals surface area (Å²) in [6.07, 6.45) is -5.10. The van der Waals surface area contributed by atoms with Crippen molar-refractivity contribution in [3.63, 3.8) is 0 Å². The average molecular weight is 293 g/mol. The number of nitrogens with zero attached hydrogens (tertiary/aromatic N) is 1. The van der Waals surface area contributed by atoms with Crippen molar-refractivity contribution in [2.75, 3.05) is 5.32 Å². The number of anilines is 1. The monoisotopic (exact) mass is 292 g/mol. The third-order valence-electron chi connectivity index (χ3n) is 2.32. The lowest BCUT2D eigenvalue weighted by atomic mass is 10.1. The number of alkyl halides is 3.